The van der Waals surface area contributed by atoms with Crippen LogP contribution in [0.3, 0.4) is 0 Å². The van der Waals surface area contributed by atoms with E-state index in [0.29, 0.717) is 18.0 Å². The van der Waals surface area contributed by atoms with E-state index in [0.717, 1.165) is 25.4 Å². The van der Waals surface area contributed by atoms with Crippen molar-refractivity contribution in [1.82, 2.24) is 4.90 Å². The fourth-order valence-electron chi connectivity index (χ4n) is 4.16. The summed E-state index contributed by atoms with van der Waals surface area (Å²) in [6.45, 7) is 2.25. The van der Waals surface area contributed by atoms with Crippen molar-refractivity contribution in [2.75, 3.05) is 19.6 Å². The summed E-state index contributed by atoms with van der Waals surface area (Å²) in [5.74, 6) is 0.0150. The van der Waals surface area contributed by atoms with Crippen molar-refractivity contribution in [3.8, 4) is 0 Å². The molecule has 3 unspecified atom stereocenters. The molecule has 0 radical (unpaired) electrons. The van der Waals surface area contributed by atoms with Gasteiger partial charge in [-0.25, -0.2) is 8.78 Å². The highest BCUT2D eigenvalue weighted by atomic mass is 19.2. The average molecular weight is 294 g/mol. The van der Waals surface area contributed by atoms with Crippen LogP contribution in [0.5, 0.6) is 0 Å². The highest BCUT2D eigenvalue weighted by Crippen LogP contribution is 2.38. The van der Waals surface area contributed by atoms with Gasteiger partial charge in [0.05, 0.1) is 6.04 Å². The molecule has 1 saturated heterocycles. The van der Waals surface area contributed by atoms with E-state index in [1.165, 1.54) is 31.7 Å². The van der Waals surface area contributed by atoms with Gasteiger partial charge in [0.25, 0.3) is 0 Å². The largest absolute Gasteiger partial charge is 0.329 e. The first-order valence-electron chi connectivity index (χ1n) is 8.08. The summed E-state index contributed by atoms with van der Waals surface area (Å²) in [6.07, 6.45) is 6.42. The lowest BCUT2D eigenvalue weighted by atomic mass is 9.74. The predicted molar refractivity (Wildman–Crippen MR) is 79.8 cm³/mol. The number of benzene rings is 1. The van der Waals surface area contributed by atoms with E-state index in [1.54, 1.807) is 12.1 Å². The maximum absolute atomic E-state index is 14.1. The number of piperidine rings is 1. The Labute approximate surface area is 125 Å². The van der Waals surface area contributed by atoms with Gasteiger partial charge in [-0.2, -0.15) is 0 Å². The zero-order chi connectivity index (χ0) is 14.8. The molecule has 1 aliphatic carbocycles. The first kappa shape index (κ1) is 14.9. The molecule has 2 aliphatic rings. The Bertz CT molecular complexity index is 492. The van der Waals surface area contributed by atoms with Crippen molar-refractivity contribution in [2.24, 2.45) is 17.6 Å². The van der Waals surface area contributed by atoms with Crippen LogP contribution in [0.1, 0.15) is 43.7 Å². The smallest absolute Gasteiger partial charge is 0.163 e. The molecule has 1 heterocycles. The van der Waals surface area contributed by atoms with Crippen LogP contribution in [0.15, 0.2) is 18.2 Å². The van der Waals surface area contributed by atoms with Crippen LogP contribution in [0, 0.1) is 23.5 Å². The molecule has 0 spiro atoms. The molecular weight excluding hydrogens is 270 g/mol. The summed E-state index contributed by atoms with van der Waals surface area (Å²) < 4.78 is 27.5. The number of likely N-dealkylation sites (tertiary alicyclic amines) is 1. The first-order valence-corrected chi connectivity index (χ1v) is 8.08. The van der Waals surface area contributed by atoms with E-state index < -0.39 is 11.6 Å². The van der Waals surface area contributed by atoms with E-state index in [2.05, 4.69) is 4.90 Å². The molecule has 0 aromatic heterocycles. The lowest BCUT2D eigenvalue weighted by molar-refractivity contribution is 0.0574. The Hall–Kier alpha value is -1.00. The topological polar surface area (TPSA) is 29.3 Å². The molecule has 1 aliphatic heterocycles. The standard InChI is InChI=1S/C17H24F2N2/c18-15-7-3-6-14(17(15)19)16(10-20)21-9-8-12-4-1-2-5-13(12)11-21/h3,6-7,12-13,16H,1-2,4-5,8-11,20H2. The minimum Gasteiger partial charge on any atom is -0.329 e. The highest BCUT2D eigenvalue weighted by molar-refractivity contribution is 5.23. The fraction of sp³-hybridized carbons (Fsp3) is 0.647. The Kier molecular flexibility index (Phi) is 4.55. The number of nitrogens with two attached hydrogens (primary N) is 1. The van der Waals surface area contributed by atoms with Gasteiger partial charge in [-0.05, 0) is 37.3 Å². The summed E-state index contributed by atoms with van der Waals surface area (Å²) in [5, 5.41) is 0. The number of rotatable bonds is 3. The number of fused-ring (bicyclic) bond motifs is 1. The third-order valence-corrected chi connectivity index (χ3v) is 5.33. The van der Waals surface area contributed by atoms with Gasteiger partial charge >= 0.3 is 0 Å². The van der Waals surface area contributed by atoms with E-state index in [-0.39, 0.29) is 6.04 Å². The highest BCUT2D eigenvalue weighted by Gasteiger charge is 2.34. The van der Waals surface area contributed by atoms with E-state index in [9.17, 15) is 8.78 Å². The quantitative estimate of drug-likeness (QED) is 0.925. The Morgan fingerprint density at radius 3 is 2.67 bits per heavy atom. The van der Waals surface area contributed by atoms with Gasteiger partial charge in [-0.3, -0.25) is 4.90 Å². The van der Waals surface area contributed by atoms with E-state index in [1.807, 2.05) is 0 Å². The van der Waals surface area contributed by atoms with Crippen molar-refractivity contribution in [3.63, 3.8) is 0 Å². The number of hydrogen-bond acceptors (Lipinski definition) is 2. The lowest BCUT2D eigenvalue weighted by Gasteiger charge is -2.44. The van der Waals surface area contributed by atoms with Gasteiger partial charge < -0.3 is 5.73 Å². The van der Waals surface area contributed by atoms with E-state index >= 15 is 0 Å². The molecular formula is C17H24F2N2. The molecule has 3 rings (SSSR count). The molecule has 2 N–H and O–H groups in total. The van der Waals surface area contributed by atoms with Gasteiger partial charge in [0.15, 0.2) is 11.6 Å². The van der Waals surface area contributed by atoms with Crippen LogP contribution in [-0.4, -0.2) is 24.5 Å². The second kappa shape index (κ2) is 6.41. The molecule has 1 aromatic rings. The van der Waals surface area contributed by atoms with E-state index in [4.69, 9.17) is 5.73 Å². The zero-order valence-electron chi connectivity index (χ0n) is 12.4. The number of nitrogens with zero attached hydrogens (tertiary/aromatic N) is 1. The summed E-state index contributed by atoms with van der Waals surface area (Å²) in [5.41, 5.74) is 6.30. The Balaban J connectivity index is 1.78. The minimum atomic E-state index is -0.779. The van der Waals surface area contributed by atoms with Gasteiger partial charge in [-0.15, -0.1) is 0 Å². The van der Waals surface area contributed by atoms with Crippen molar-refractivity contribution < 1.29 is 8.78 Å². The summed E-state index contributed by atoms with van der Waals surface area (Å²) in [7, 11) is 0. The van der Waals surface area contributed by atoms with Crippen molar-refractivity contribution >= 4 is 0 Å². The van der Waals surface area contributed by atoms with Crippen LogP contribution in [0.25, 0.3) is 0 Å². The van der Waals surface area contributed by atoms with Gasteiger partial charge in [0.2, 0.25) is 0 Å². The second-order valence-corrected chi connectivity index (χ2v) is 6.48. The van der Waals surface area contributed by atoms with Crippen LogP contribution < -0.4 is 5.73 Å². The molecule has 2 nitrogen and oxygen atoms in total. The predicted octanol–water partition coefficient (Wildman–Crippen LogP) is 3.48. The third kappa shape index (κ3) is 2.97. The molecule has 0 amide bonds. The zero-order valence-corrected chi connectivity index (χ0v) is 12.4. The maximum atomic E-state index is 14.1. The molecule has 0 bridgehead atoms. The van der Waals surface area contributed by atoms with Crippen molar-refractivity contribution in [1.29, 1.82) is 0 Å². The first-order chi connectivity index (χ1) is 10.2. The second-order valence-electron chi connectivity index (χ2n) is 6.48. The molecule has 1 aromatic carbocycles. The summed E-state index contributed by atoms with van der Waals surface area (Å²) in [6, 6.07) is 4.20. The molecule has 4 heteroatoms. The van der Waals surface area contributed by atoms with Crippen molar-refractivity contribution in [2.45, 2.75) is 38.1 Å². The third-order valence-electron chi connectivity index (χ3n) is 5.33. The number of hydrogen-bond donors (Lipinski definition) is 1. The molecule has 116 valence electrons. The summed E-state index contributed by atoms with van der Waals surface area (Å²) in [4.78, 5) is 2.27. The lowest BCUT2D eigenvalue weighted by Crippen LogP contribution is -2.45. The average Bonchev–Trinajstić information content (AvgIpc) is 2.52. The fourth-order valence-corrected chi connectivity index (χ4v) is 4.16. The van der Waals surface area contributed by atoms with Gasteiger partial charge in [0, 0.05) is 18.7 Å². The molecule has 2 fully saturated rings. The normalized spacial score (nSPS) is 28.1. The Morgan fingerprint density at radius 1 is 1.14 bits per heavy atom. The summed E-state index contributed by atoms with van der Waals surface area (Å²) >= 11 is 0. The van der Waals surface area contributed by atoms with Crippen LogP contribution in [0.4, 0.5) is 8.78 Å². The maximum Gasteiger partial charge on any atom is 0.163 e. The van der Waals surface area contributed by atoms with Gasteiger partial charge in [-0.1, -0.05) is 31.4 Å². The molecule has 1 saturated carbocycles. The van der Waals surface area contributed by atoms with Gasteiger partial charge in [0.1, 0.15) is 0 Å². The van der Waals surface area contributed by atoms with Crippen molar-refractivity contribution in [3.05, 3.63) is 35.4 Å². The molecule has 21 heavy (non-hydrogen) atoms. The molecule has 3 atom stereocenters. The monoisotopic (exact) mass is 294 g/mol. The number of halogens is 2. The SMILES string of the molecule is NCC(c1cccc(F)c1F)N1CCC2CCCCC2C1. The van der Waals surface area contributed by atoms with Crippen LogP contribution in [0.2, 0.25) is 0 Å². The Morgan fingerprint density at radius 2 is 1.90 bits per heavy atom. The minimum absolute atomic E-state index is 0.205. The van der Waals surface area contributed by atoms with Crippen LogP contribution >= 0.6 is 0 Å². The van der Waals surface area contributed by atoms with Crippen LogP contribution in [-0.2, 0) is 0 Å².